The van der Waals surface area contributed by atoms with Crippen LogP contribution in [0.4, 0.5) is 10.6 Å². The molecule has 0 spiro atoms. The fourth-order valence-corrected chi connectivity index (χ4v) is 2.21. The first-order valence-electron chi connectivity index (χ1n) is 7.29. The molecular weight excluding hydrogens is 290 g/mol. The minimum absolute atomic E-state index is 0.274. The summed E-state index contributed by atoms with van der Waals surface area (Å²) < 4.78 is 2.00. The Balaban J connectivity index is 1.54. The molecule has 3 rings (SSSR count). The monoisotopic (exact) mass is 307 g/mol. The van der Waals surface area contributed by atoms with Crippen LogP contribution in [-0.2, 0) is 13.1 Å². The fourth-order valence-electron chi connectivity index (χ4n) is 2.21. The number of benzene rings is 1. The molecule has 23 heavy (non-hydrogen) atoms. The summed E-state index contributed by atoms with van der Waals surface area (Å²) in [5, 5.41) is 5.51. The molecule has 6 heteroatoms. The van der Waals surface area contributed by atoms with Crippen LogP contribution in [0.5, 0.6) is 0 Å². The molecule has 2 aromatic heterocycles. The van der Waals surface area contributed by atoms with E-state index in [-0.39, 0.29) is 6.03 Å². The maximum Gasteiger partial charge on any atom is 0.320 e. The molecule has 0 atom stereocenters. The Hall–Kier alpha value is -3.15. The van der Waals surface area contributed by atoms with Gasteiger partial charge in [0.05, 0.1) is 6.33 Å². The lowest BCUT2D eigenvalue weighted by Gasteiger charge is -2.09. The van der Waals surface area contributed by atoms with Crippen molar-refractivity contribution >= 4 is 11.8 Å². The summed E-state index contributed by atoms with van der Waals surface area (Å²) >= 11 is 0. The van der Waals surface area contributed by atoms with Crippen LogP contribution in [0.3, 0.4) is 0 Å². The summed E-state index contributed by atoms with van der Waals surface area (Å²) in [4.78, 5) is 19.9. The molecule has 3 aromatic rings. The van der Waals surface area contributed by atoms with E-state index >= 15 is 0 Å². The van der Waals surface area contributed by atoms with Crippen molar-refractivity contribution in [2.45, 2.75) is 13.1 Å². The van der Waals surface area contributed by atoms with Gasteiger partial charge in [-0.25, -0.2) is 14.8 Å². The van der Waals surface area contributed by atoms with Crippen LogP contribution in [0.1, 0.15) is 11.1 Å². The Kier molecular flexibility index (Phi) is 4.63. The highest BCUT2D eigenvalue weighted by Crippen LogP contribution is 2.07. The van der Waals surface area contributed by atoms with Gasteiger partial charge < -0.3 is 9.88 Å². The Morgan fingerprint density at radius 2 is 2.00 bits per heavy atom. The van der Waals surface area contributed by atoms with E-state index in [2.05, 4.69) is 32.7 Å². The van der Waals surface area contributed by atoms with E-state index < -0.39 is 0 Å². The number of urea groups is 1. The first kappa shape index (κ1) is 14.8. The molecule has 0 aliphatic rings. The van der Waals surface area contributed by atoms with Crippen molar-refractivity contribution in [3.8, 4) is 0 Å². The molecule has 0 unspecified atom stereocenters. The number of nitrogens with zero attached hydrogens (tertiary/aromatic N) is 3. The zero-order valence-electron chi connectivity index (χ0n) is 12.5. The van der Waals surface area contributed by atoms with Gasteiger partial charge in [-0.2, -0.15) is 0 Å². The summed E-state index contributed by atoms with van der Waals surface area (Å²) in [5.41, 5.74) is 2.20. The standard InChI is InChI=1S/C17H17N5O/c23-17(21-16-6-1-2-7-19-16)20-11-14-4-3-5-15(10-14)12-22-9-8-18-13-22/h1-10,13H,11-12H2,(H2,19,20,21,23). The van der Waals surface area contributed by atoms with Gasteiger partial charge in [-0.1, -0.05) is 30.3 Å². The molecule has 2 N–H and O–H groups in total. The molecule has 2 amide bonds. The molecule has 0 saturated carbocycles. The number of carbonyl (C=O) groups excluding carboxylic acids is 1. The quantitative estimate of drug-likeness (QED) is 0.761. The SMILES string of the molecule is O=C(NCc1cccc(Cn2ccnc2)c1)Nc1ccccn1. The average Bonchev–Trinajstić information content (AvgIpc) is 3.07. The van der Waals surface area contributed by atoms with Crippen LogP contribution in [0, 0.1) is 0 Å². The molecule has 0 bridgehead atoms. The first-order chi connectivity index (χ1) is 11.3. The van der Waals surface area contributed by atoms with Crippen LogP contribution >= 0.6 is 0 Å². The minimum Gasteiger partial charge on any atom is -0.334 e. The predicted molar refractivity (Wildman–Crippen MR) is 87.9 cm³/mol. The molecule has 0 radical (unpaired) electrons. The van der Waals surface area contributed by atoms with E-state index in [1.807, 2.05) is 29.0 Å². The van der Waals surface area contributed by atoms with Crippen molar-refractivity contribution in [3.63, 3.8) is 0 Å². The van der Waals surface area contributed by atoms with Crippen LogP contribution < -0.4 is 10.6 Å². The normalized spacial score (nSPS) is 10.3. The molecule has 2 heterocycles. The topological polar surface area (TPSA) is 71.8 Å². The van der Waals surface area contributed by atoms with Gasteiger partial charge in [0.15, 0.2) is 0 Å². The molecule has 0 fully saturated rings. The van der Waals surface area contributed by atoms with E-state index in [1.165, 1.54) is 0 Å². The smallest absolute Gasteiger partial charge is 0.320 e. The van der Waals surface area contributed by atoms with Gasteiger partial charge in [-0.05, 0) is 23.3 Å². The molecule has 0 aliphatic heterocycles. The third-order valence-corrected chi connectivity index (χ3v) is 3.28. The molecular formula is C17H17N5O. The number of pyridine rings is 1. The molecule has 6 nitrogen and oxygen atoms in total. The third kappa shape index (κ3) is 4.41. The minimum atomic E-state index is -0.274. The molecule has 1 aromatic carbocycles. The molecule has 116 valence electrons. The second kappa shape index (κ2) is 7.22. The van der Waals surface area contributed by atoms with E-state index in [4.69, 9.17) is 0 Å². The largest absolute Gasteiger partial charge is 0.334 e. The van der Waals surface area contributed by atoms with Crippen molar-refractivity contribution in [1.82, 2.24) is 19.9 Å². The number of nitrogens with one attached hydrogen (secondary N) is 2. The lowest BCUT2D eigenvalue weighted by Crippen LogP contribution is -2.28. The number of hydrogen-bond donors (Lipinski definition) is 2. The zero-order valence-corrected chi connectivity index (χ0v) is 12.5. The number of carbonyl (C=O) groups is 1. The zero-order chi connectivity index (χ0) is 15.9. The molecule has 0 saturated heterocycles. The van der Waals surface area contributed by atoms with Crippen molar-refractivity contribution in [1.29, 1.82) is 0 Å². The maximum absolute atomic E-state index is 11.9. The van der Waals surface area contributed by atoms with Gasteiger partial charge in [0.25, 0.3) is 0 Å². The lowest BCUT2D eigenvalue weighted by atomic mass is 10.1. The predicted octanol–water partition coefficient (Wildman–Crippen LogP) is 2.65. The van der Waals surface area contributed by atoms with Gasteiger partial charge in [0, 0.05) is 31.7 Å². The van der Waals surface area contributed by atoms with Crippen LogP contribution in [0.15, 0.2) is 67.4 Å². The average molecular weight is 307 g/mol. The number of anilines is 1. The summed E-state index contributed by atoms with van der Waals surface area (Å²) in [6.45, 7) is 1.21. The van der Waals surface area contributed by atoms with Crippen molar-refractivity contribution in [2.75, 3.05) is 5.32 Å². The second-order valence-corrected chi connectivity index (χ2v) is 5.08. The maximum atomic E-state index is 11.9. The number of aromatic nitrogens is 3. The number of amides is 2. The van der Waals surface area contributed by atoms with Crippen LogP contribution in [0.25, 0.3) is 0 Å². The van der Waals surface area contributed by atoms with Crippen molar-refractivity contribution in [3.05, 3.63) is 78.5 Å². The van der Waals surface area contributed by atoms with Crippen LogP contribution in [0.2, 0.25) is 0 Å². The Morgan fingerprint density at radius 1 is 1.09 bits per heavy atom. The Morgan fingerprint density at radius 3 is 2.78 bits per heavy atom. The first-order valence-corrected chi connectivity index (χ1v) is 7.29. The highest BCUT2D eigenvalue weighted by molar-refractivity contribution is 5.88. The number of imidazole rings is 1. The van der Waals surface area contributed by atoms with Gasteiger partial charge in [0.1, 0.15) is 5.82 Å². The van der Waals surface area contributed by atoms with E-state index in [0.717, 1.165) is 17.7 Å². The van der Waals surface area contributed by atoms with Gasteiger partial charge in [0.2, 0.25) is 0 Å². The van der Waals surface area contributed by atoms with Gasteiger partial charge in [-0.15, -0.1) is 0 Å². The number of hydrogen-bond acceptors (Lipinski definition) is 3. The Labute approximate surface area is 134 Å². The summed E-state index contributed by atoms with van der Waals surface area (Å²) in [6.07, 6.45) is 7.10. The van der Waals surface area contributed by atoms with E-state index in [9.17, 15) is 4.79 Å². The molecule has 0 aliphatic carbocycles. The summed E-state index contributed by atoms with van der Waals surface area (Å²) in [7, 11) is 0. The van der Waals surface area contributed by atoms with E-state index in [1.54, 1.807) is 30.9 Å². The van der Waals surface area contributed by atoms with Gasteiger partial charge in [-0.3, -0.25) is 5.32 Å². The van der Waals surface area contributed by atoms with Gasteiger partial charge >= 0.3 is 6.03 Å². The fraction of sp³-hybridized carbons (Fsp3) is 0.118. The summed E-state index contributed by atoms with van der Waals surface area (Å²) in [6, 6.07) is 13.2. The summed E-state index contributed by atoms with van der Waals surface area (Å²) in [5.74, 6) is 0.527. The van der Waals surface area contributed by atoms with Crippen molar-refractivity contribution in [2.24, 2.45) is 0 Å². The highest BCUT2D eigenvalue weighted by atomic mass is 16.2. The Bertz CT molecular complexity index is 756. The van der Waals surface area contributed by atoms with E-state index in [0.29, 0.717) is 12.4 Å². The highest BCUT2D eigenvalue weighted by Gasteiger charge is 2.03. The van der Waals surface area contributed by atoms with Crippen LogP contribution in [-0.4, -0.2) is 20.6 Å². The second-order valence-electron chi connectivity index (χ2n) is 5.08. The third-order valence-electron chi connectivity index (χ3n) is 3.28. The number of rotatable bonds is 5. The lowest BCUT2D eigenvalue weighted by molar-refractivity contribution is 0.251. The van der Waals surface area contributed by atoms with Crippen molar-refractivity contribution < 1.29 is 4.79 Å².